The van der Waals surface area contributed by atoms with Crippen LogP contribution in [0.15, 0.2) is 22.7 Å². The van der Waals surface area contributed by atoms with E-state index in [0.717, 1.165) is 10.0 Å². The molecule has 1 atom stereocenters. The summed E-state index contributed by atoms with van der Waals surface area (Å²) >= 11 is 6.69. The van der Waals surface area contributed by atoms with Crippen LogP contribution in [0.2, 0.25) is 0 Å². The molecule has 2 N–H and O–H groups in total. The summed E-state index contributed by atoms with van der Waals surface area (Å²) in [6.07, 6.45) is 0.607. The minimum absolute atomic E-state index is 0.304. The Kier molecular flexibility index (Phi) is 4.13. The number of carbonyl (C=O) groups excluding carboxylic acids is 1. The second-order valence-corrected chi connectivity index (χ2v) is 5.13. The Morgan fingerprint density at radius 1 is 1.57 bits per heavy atom. The molecule has 2 nitrogen and oxygen atoms in total. The Morgan fingerprint density at radius 3 is 2.71 bits per heavy atom. The number of nitrogens with two attached hydrogens (primary N) is 1. The van der Waals surface area contributed by atoms with Crippen molar-refractivity contribution in [3.63, 3.8) is 0 Å². The van der Waals surface area contributed by atoms with E-state index < -0.39 is 0 Å². The summed E-state index contributed by atoms with van der Waals surface area (Å²) in [4.78, 5) is 10.5. The van der Waals surface area contributed by atoms with Crippen molar-refractivity contribution in [2.24, 2.45) is 5.73 Å². The molecule has 0 heterocycles. The average Bonchev–Trinajstić information content (AvgIpc) is 2.09. The van der Waals surface area contributed by atoms with Crippen molar-refractivity contribution in [3.05, 3.63) is 33.8 Å². The second kappa shape index (κ2) is 4.94. The number of hydrogen-bond donors (Lipinski definition) is 1. The fraction of sp³-hybridized carbons (Fsp3) is 0.300. The van der Waals surface area contributed by atoms with Gasteiger partial charge in [-0.2, -0.15) is 0 Å². The summed E-state index contributed by atoms with van der Waals surface area (Å²) in [7, 11) is 0. The van der Waals surface area contributed by atoms with E-state index in [1.165, 1.54) is 5.56 Å². The Hall–Kier alpha value is -0.350. The van der Waals surface area contributed by atoms with Gasteiger partial charge in [0.1, 0.15) is 0 Å². The molecule has 0 saturated carbocycles. The van der Waals surface area contributed by atoms with Gasteiger partial charge in [-0.05, 0) is 30.5 Å². The van der Waals surface area contributed by atoms with Crippen LogP contribution in [-0.4, -0.2) is 10.7 Å². The summed E-state index contributed by atoms with van der Waals surface area (Å²) in [5, 5.41) is 0. The van der Waals surface area contributed by atoms with E-state index >= 15 is 0 Å². The molecule has 0 bridgehead atoms. The lowest BCUT2D eigenvalue weighted by Gasteiger charge is -2.08. The second-order valence-electron chi connectivity index (χ2n) is 3.17. The molecule has 0 aromatic heterocycles. The van der Waals surface area contributed by atoms with Gasteiger partial charge in [0, 0.05) is 4.47 Å². The van der Waals surface area contributed by atoms with Gasteiger partial charge in [-0.1, -0.05) is 44.0 Å². The maximum Gasteiger partial charge on any atom is 0.231 e. The molecular weight excluding hydrogens is 310 g/mol. The first-order valence-electron chi connectivity index (χ1n) is 4.19. The van der Waals surface area contributed by atoms with Gasteiger partial charge in [0.2, 0.25) is 5.91 Å². The third-order valence-corrected chi connectivity index (χ3v) is 3.43. The third-order valence-electron chi connectivity index (χ3n) is 1.92. The van der Waals surface area contributed by atoms with E-state index in [9.17, 15) is 4.79 Å². The van der Waals surface area contributed by atoms with Crippen molar-refractivity contribution in [1.82, 2.24) is 0 Å². The van der Waals surface area contributed by atoms with Crippen LogP contribution in [0, 0.1) is 6.92 Å². The van der Waals surface area contributed by atoms with E-state index in [4.69, 9.17) is 5.73 Å². The zero-order valence-electron chi connectivity index (χ0n) is 7.76. The molecule has 0 radical (unpaired) electrons. The smallest absolute Gasteiger partial charge is 0.231 e. The molecule has 0 aliphatic rings. The molecule has 4 heteroatoms. The van der Waals surface area contributed by atoms with Gasteiger partial charge in [0.15, 0.2) is 0 Å². The van der Waals surface area contributed by atoms with Crippen LogP contribution in [0.5, 0.6) is 0 Å². The molecule has 0 fully saturated rings. The van der Waals surface area contributed by atoms with Gasteiger partial charge < -0.3 is 5.73 Å². The number of amides is 1. The highest BCUT2D eigenvalue weighted by Gasteiger charge is 2.13. The normalized spacial score (nSPS) is 12.5. The number of hydrogen-bond acceptors (Lipinski definition) is 1. The van der Waals surface area contributed by atoms with Crippen LogP contribution < -0.4 is 5.73 Å². The van der Waals surface area contributed by atoms with Crippen LogP contribution in [0.4, 0.5) is 0 Å². The predicted octanol–water partition coefficient (Wildman–Crippen LogP) is 2.55. The maximum atomic E-state index is 10.8. The molecule has 0 spiro atoms. The molecule has 76 valence electrons. The zero-order chi connectivity index (χ0) is 10.7. The standard InChI is InChI=1S/C10H11Br2NO/c1-6-2-3-7(8(11)4-6)5-9(12)10(13)14/h2-4,9H,5H2,1H3,(H2,13,14). The van der Waals surface area contributed by atoms with E-state index in [-0.39, 0.29) is 10.7 Å². The van der Waals surface area contributed by atoms with Gasteiger partial charge in [-0.3, -0.25) is 4.79 Å². The molecular formula is C10H11Br2NO. The van der Waals surface area contributed by atoms with Crippen LogP contribution >= 0.6 is 31.9 Å². The van der Waals surface area contributed by atoms with Crippen molar-refractivity contribution in [2.45, 2.75) is 18.2 Å². The molecule has 0 aliphatic heterocycles. The van der Waals surface area contributed by atoms with Crippen LogP contribution in [0.1, 0.15) is 11.1 Å². The lowest BCUT2D eigenvalue weighted by atomic mass is 10.1. The fourth-order valence-electron chi connectivity index (χ4n) is 1.11. The molecule has 1 rings (SSSR count). The predicted molar refractivity (Wildman–Crippen MR) is 64.5 cm³/mol. The first-order valence-corrected chi connectivity index (χ1v) is 5.90. The van der Waals surface area contributed by atoms with Gasteiger partial charge in [0.05, 0.1) is 4.83 Å². The Morgan fingerprint density at radius 2 is 2.21 bits per heavy atom. The summed E-state index contributed by atoms with van der Waals surface area (Å²) < 4.78 is 1.02. The first-order chi connectivity index (χ1) is 6.50. The average molecular weight is 321 g/mol. The number of rotatable bonds is 3. The van der Waals surface area contributed by atoms with Crippen molar-refractivity contribution in [2.75, 3.05) is 0 Å². The SMILES string of the molecule is Cc1ccc(CC(Br)C(N)=O)c(Br)c1. The molecule has 1 aromatic rings. The molecule has 0 saturated heterocycles. The molecule has 1 amide bonds. The summed E-state index contributed by atoms with van der Waals surface area (Å²) in [5.74, 6) is -0.336. The molecule has 1 unspecified atom stereocenters. The van der Waals surface area contributed by atoms with Gasteiger partial charge >= 0.3 is 0 Å². The minimum atomic E-state index is -0.336. The van der Waals surface area contributed by atoms with Gasteiger partial charge in [-0.15, -0.1) is 0 Å². The van der Waals surface area contributed by atoms with Crippen molar-refractivity contribution < 1.29 is 4.79 Å². The number of halogens is 2. The van der Waals surface area contributed by atoms with Gasteiger partial charge in [-0.25, -0.2) is 0 Å². The van der Waals surface area contributed by atoms with Crippen LogP contribution in [0.3, 0.4) is 0 Å². The van der Waals surface area contributed by atoms with Crippen molar-refractivity contribution >= 4 is 37.8 Å². The molecule has 14 heavy (non-hydrogen) atoms. The third kappa shape index (κ3) is 3.10. The van der Waals surface area contributed by atoms with E-state index in [2.05, 4.69) is 31.9 Å². The molecule has 1 aromatic carbocycles. The highest BCUT2D eigenvalue weighted by atomic mass is 79.9. The van der Waals surface area contributed by atoms with Crippen molar-refractivity contribution in [3.8, 4) is 0 Å². The lowest BCUT2D eigenvalue weighted by molar-refractivity contribution is -0.117. The Labute approximate surface area is 100 Å². The van der Waals surface area contributed by atoms with Crippen molar-refractivity contribution in [1.29, 1.82) is 0 Å². The fourth-order valence-corrected chi connectivity index (χ4v) is 2.12. The van der Waals surface area contributed by atoms with Gasteiger partial charge in [0.25, 0.3) is 0 Å². The summed E-state index contributed by atoms with van der Waals surface area (Å²) in [6, 6.07) is 6.04. The van der Waals surface area contributed by atoms with E-state index in [0.29, 0.717) is 6.42 Å². The maximum absolute atomic E-state index is 10.8. The number of alkyl halides is 1. The zero-order valence-corrected chi connectivity index (χ0v) is 10.9. The largest absolute Gasteiger partial charge is 0.369 e. The number of aryl methyl sites for hydroxylation is 1. The monoisotopic (exact) mass is 319 g/mol. The number of carbonyl (C=O) groups is 1. The summed E-state index contributed by atoms with van der Waals surface area (Å²) in [5.41, 5.74) is 7.43. The first kappa shape index (κ1) is 11.7. The highest BCUT2D eigenvalue weighted by Crippen LogP contribution is 2.21. The Balaban J connectivity index is 2.82. The number of benzene rings is 1. The van der Waals surface area contributed by atoms with Crippen LogP contribution in [-0.2, 0) is 11.2 Å². The van der Waals surface area contributed by atoms with Crippen LogP contribution in [0.25, 0.3) is 0 Å². The summed E-state index contributed by atoms with van der Waals surface area (Å²) in [6.45, 7) is 2.02. The number of primary amides is 1. The quantitative estimate of drug-likeness (QED) is 0.855. The minimum Gasteiger partial charge on any atom is -0.369 e. The lowest BCUT2D eigenvalue weighted by Crippen LogP contribution is -2.25. The Bertz CT molecular complexity index is 352. The van der Waals surface area contributed by atoms with E-state index in [1.54, 1.807) is 0 Å². The highest BCUT2D eigenvalue weighted by molar-refractivity contribution is 9.10. The topological polar surface area (TPSA) is 43.1 Å². The molecule has 0 aliphatic carbocycles. The van der Waals surface area contributed by atoms with E-state index in [1.807, 2.05) is 25.1 Å².